The largest absolute Gasteiger partial charge is 0.378 e. The van der Waals surface area contributed by atoms with Crippen LogP contribution in [0.15, 0.2) is 30.5 Å². The standard InChI is InChI=1S/C15H19N3OS/c1-11-10-17-14(20-11)8-9-16-15(19)12-4-6-13(7-5-12)18(2)3/h4-7,10H,8-9H2,1-3H3,(H,16,19). The van der Waals surface area contributed by atoms with Gasteiger partial charge in [0.25, 0.3) is 5.91 Å². The van der Waals surface area contributed by atoms with Crippen LogP contribution < -0.4 is 10.2 Å². The van der Waals surface area contributed by atoms with E-state index in [-0.39, 0.29) is 5.91 Å². The molecule has 1 aromatic heterocycles. The summed E-state index contributed by atoms with van der Waals surface area (Å²) in [6.07, 6.45) is 2.64. The van der Waals surface area contributed by atoms with Crippen molar-refractivity contribution >= 4 is 22.9 Å². The highest BCUT2D eigenvalue weighted by Gasteiger charge is 2.06. The van der Waals surface area contributed by atoms with Crippen LogP contribution in [0.3, 0.4) is 0 Å². The summed E-state index contributed by atoms with van der Waals surface area (Å²) in [6.45, 7) is 2.65. The minimum absolute atomic E-state index is 0.0383. The highest BCUT2D eigenvalue weighted by atomic mass is 32.1. The molecular weight excluding hydrogens is 270 g/mol. The first-order chi connectivity index (χ1) is 9.56. The molecule has 1 amide bonds. The molecule has 0 aliphatic heterocycles. The summed E-state index contributed by atoms with van der Waals surface area (Å²) in [4.78, 5) is 19.5. The Morgan fingerprint density at radius 1 is 1.30 bits per heavy atom. The molecule has 1 heterocycles. The fraction of sp³-hybridized carbons (Fsp3) is 0.333. The van der Waals surface area contributed by atoms with E-state index < -0.39 is 0 Å². The number of thiazole rings is 1. The number of aryl methyl sites for hydroxylation is 1. The van der Waals surface area contributed by atoms with E-state index in [4.69, 9.17) is 0 Å². The van der Waals surface area contributed by atoms with Crippen LogP contribution in [-0.2, 0) is 6.42 Å². The Kier molecular flexibility index (Phi) is 4.74. The van der Waals surface area contributed by atoms with E-state index in [1.165, 1.54) is 4.88 Å². The zero-order chi connectivity index (χ0) is 14.5. The Bertz CT molecular complexity index is 575. The summed E-state index contributed by atoms with van der Waals surface area (Å²) < 4.78 is 0. The third-order valence-corrected chi connectivity index (χ3v) is 3.91. The van der Waals surface area contributed by atoms with Crippen molar-refractivity contribution in [3.63, 3.8) is 0 Å². The second-order valence-corrected chi connectivity index (χ2v) is 6.13. The molecule has 0 spiro atoms. The minimum atomic E-state index is -0.0383. The smallest absolute Gasteiger partial charge is 0.251 e. The van der Waals surface area contributed by atoms with Gasteiger partial charge >= 0.3 is 0 Å². The average molecular weight is 289 g/mol. The molecule has 0 saturated carbocycles. The lowest BCUT2D eigenvalue weighted by Crippen LogP contribution is -2.25. The van der Waals surface area contributed by atoms with E-state index in [1.807, 2.05) is 56.4 Å². The van der Waals surface area contributed by atoms with Crippen LogP contribution in [0.2, 0.25) is 0 Å². The summed E-state index contributed by atoms with van der Waals surface area (Å²) in [7, 11) is 3.95. The molecule has 0 radical (unpaired) electrons. The summed E-state index contributed by atoms with van der Waals surface area (Å²) in [5.74, 6) is -0.0383. The molecule has 0 fully saturated rings. The quantitative estimate of drug-likeness (QED) is 0.920. The molecule has 2 aromatic rings. The maximum absolute atomic E-state index is 12.0. The Hall–Kier alpha value is -1.88. The third-order valence-electron chi connectivity index (χ3n) is 2.94. The van der Waals surface area contributed by atoms with Gasteiger partial charge in [0.1, 0.15) is 0 Å². The van der Waals surface area contributed by atoms with Crippen molar-refractivity contribution in [3.8, 4) is 0 Å². The molecule has 4 nitrogen and oxygen atoms in total. The molecule has 0 aliphatic rings. The molecule has 0 saturated heterocycles. The van der Waals surface area contributed by atoms with Crippen molar-refractivity contribution < 1.29 is 4.79 Å². The molecule has 20 heavy (non-hydrogen) atoms. The van der Waals surface area contributed by atoms with Gasteiger partial charge in [-0.25, -0.2) is 4.98 Å². The van der Waals surface area contributed by atoms with Crippen molar-refractivity contribution in [3.05, 3.63) is 45.9 Å². The molecule has 2 rings (SSSR count). The van der Waals surface area contributed by atoms with Gasteiger partial charge in [0.15, 0.2) is 0 Å². The van der Waals surface area contributed by atoms with Gasteiger partial charge in [-0.2, -0.15) is 0 Å². The summed E-state index contributed by atoms with van der Waals surface area (Å²) in [5.41, 5.74) is 1.77. The van der Waals surface area contributed by atoms with Crippen molar-refractivity contribution in [2.45, 2.75) is 13.3 Å². The molecule has 0 bridgehead atoms. The number of aromatic nitrogens is 1. The van der Waals surface area contributed by atoms with E-state index in [1.54, 1.807) is 11.3 Å². The van der Waals surface area contributed by atoms with Gasteiger partial charge in [0.2, 0.25) is 0 Å². The zero-order valence-corrected chi connectivity index (χ0v) is 12.8. The number of nitrogens with zero attached hydrogens (tertiary/aromatic N) is 2. The predicted molar refractivity (Wildman–Crippen MR) is 83.7 cm³/mol. The number of anilines is 1. The topological polar surface area (TPSA) is 45.2 Å². The van der Waals surface area contributed by atoms with E-state index >= 15 is 0 Å². The summed E-state index contributed by atoms with van der Waals surface area (Å²) in [5, 5.41) is 3.98. The van der Waals surface area contributed by atoms with Gasteiger partial charge in [0.05, 0.1) is 5.01 Å². The molecule has 0 aliphatic carbocycles. The van der Waals surface area contributed by atoms with Crippen LogP contribution in [0.5, 0.6) is 0 Å². The van der Waals surface area contributed by atoms with Crippen LogP contribution >= 0.6 is 11.3 Å². The molecular formula is C15H19N3OS. The Morgan fingerprint density at radius 2 is 2.00 bits per heavy atom. The fourth-order valence-electron chi connectivity index (χ4n) is 1.81. The van der Waals surface area contributed by atoms with Crippen molar-refractivity contribution in [1.82, 2.24) is 10.3 Å². The van der Waals surface area contributed by atoms with E-state index in [9.17, 15) is 4.79 Å². The van der Waals surface area contributed by atoms with E-state index in [0.717, 1.165) is 17.1 Å². The number of rotatable bonds is 5. The van der Waals surface area contributed by atoms with Crippen LogP contribution in [0.1, 0.15) is 20.2 Å². The van der Waals surface area contributed by atoms with Crippen LogP contribution in [-0.4, -0.2) is 31.5 Å². The first-order valence-electron chi connectivity index (χ1n) is 6.53. The molecule has 0 atom stereocenters. The lowest BCUT2D eigenvalue weighted by molar-refractivity contribution is 0.0954. The van der Waals surface area contributed by atoms with Gasteiger partial charge in [-0.3, -0.25) is 4.79 Å². The second kappa shape index (κ2) is 6.52. The average Bonchev–Trinajstić information content (AvgIpc) is 2.84. The van der Waals surface area contributed by atoms with Gasteiger partial charge < -0.3 is 10.2 Å². The molecule has 1 N–H and O–H groups in total. The van der Waals surface area contributed by atoms with Gasteiger partial charge in [-0.05, 0) is 31.2 Å². The highest BCUT2D eigenvalue weighted by molar-refractivity contribution is 7.11. The lowest BCUT2D eigenvalue weighted by Gasteiger charge is -2.12. The first-order valence-corrected chi connectivity index (χ1v) is 7.35. The van der Waals surface area contributed by atoms with Crippen molar-refractivity contribution in [2.24, 2.45) is 0 Å². The highest BCUT2D eigenvalue weighted by Crippen LogP contribution is 2.13. The van der Waals surface area contributed by atoms with E-state index in [0.29, 0.717) is 12.1 Å². The fourth-order valence-corrected chi connectivity index (χ4v) is 2.60. The monoisotopic (exact) mass is 289 g/mol. The molecule has 106 valence electrons. The van der Waals surface area contributed by atoms with Crippen molar-refractivity contribution in [2.75, 3.05) is 25.5 Å². The number of hydrogen-bond donors (Lipinski definition) is 1. The van der Waals surface area contributed by atoms with Gasteiger partial charge in [-0.15, -0.1) is 11.3 Å². The van der Waals surface area contributed by atoms with E-state index in [2.05, 4.69) is 10.3 Å². The summed E-state index contributed by atoms with van der Waals surface area (Å²) >= 11 is 1.67. The third kappa shape index (κ3) is 3.81. The molecule has 1 aromatic carbocycles. The van der Waals surface area contributed by atoms with Crippen molar-refractivity contribution in [1.29, 1.82) is 0 Å². The molecule has 5 heteroatoms. The number of carbonyl (C=O) groups is 1. The second-order valence-electron chi connectivity index (χ2n) is 4.81. The Labute approximate surface area is 123 Å². The maximum atomic E-state index is 12.0. The summed E-state index contributed by atoms with van der Waals surface area (Å²) in [6, 6.07) is 7.58. The van der Waals surface area contributed by atoms with Crippen LogP contribution in [0, 0.1) is 6.92 Å². The SMILES string of the molecule is Cc1cnc(CCNC(=O)c2ccc(N(C)C)cc2)s1. The molecule has 0 unspecified atom stereocenters. The first kappa shape index (κ1) is 14.5. The zero-order valence-electron chi connectivity index (χ0n) is 12.0. The Morgan fingerprint density at radius 3 is 2.55 bits per heavy atom. The number of amides is 1. The lowest BCUT2D eigenvalue weighted by atomic mass is 10.2. The maximum Gasteiger partial charge on any atom is 0.251 e. The number of benzene rings is 1. The van der Waals surface area contributed by atoms with Gasteiger partial charge in [0, 0.05) is 49.4 Å². The number of carbonyl (C=O) groups excluding carboxylic acids is 1. The minimum Gasteiger partial charge on any atom is -0.378 e. The number of hydrogen-bond acceptors (Lipinski definition) is 4. The normalized spacial score (nSPS) is 10.3. The number of nitrogens with one attached hydrogen (secondary N) is 1. The predicted octanol–water partition coefficient (Wildman–Crippen LogP) is 2.49. The Balaban J connectivity index is 1.85. The van der Waals surface area contributed by atoms with Crippen LogP contribution in [0.25, 0.3) is 0 Å². The van der Waals surface area contributed by atoms with Gasteiger partial charge in [-0.1, -0.05) is 0 Å². The van der Waals surface area contributed by atoms with Crippen LogP contribution in [0.4, 0.5) is 5.69 Å².